The fourth-order valence-corrected chi connectivity index (χ4v) is 15.0. The summed E-state index contributed by atoms with van der Waals surface area (Å²) in [5.41, 5.74) is 0. The van der Waals surface area contributed by atoms with Crippen molar-refractivity contribution in [2.75, 3.05) is 0 Å². The fraction of sp³-hybridized carbons (Fsp3) is 0. The average Bonchev–Trinajstić information content (AvgIpc) is 3.00. The van der Waals surface area contributed by atoms with E-state index in [-0.39, 0.29) is 0 Å². The summed E-state index contributed by atoms with van der Waals surface area (Å²) >= 11 is -9.46. The van der Waals surface area contributed by atoms with Crippen LogP contribution in [0.15, 0.2) is 0 Å². The average molecular weight is 744 g/mol. The zero-order valence-electron chi connectivity index (χ0n) is 20.1. The molecule has 0 atom stereocenters. The zero-order chi connectivity index (χ0) is 34.4. The molecule has 0 aliphatic heterocycles. The Balaban J connectivity index is 2.69. The third kappa shape index (κ3) is 4.30. The molecule has 0 aliphatic rings. The van der Waals surface area contributed by atoms with Gasteiger partial charge in [0.05, 0.1) is 0 Å². The summed E-state index contributed by atoms with van der Waals surface area (Å²) in [6, 6.07) is 0. The Morgan fingerprint density at radius 3 is 0.356 bits per heavy atom. The van der Waals surface area contributed by atoms with Gasteiger partial charge >= 0.3 is 235 Å². The van der Waals surface area contributed by atoms with E-state index in [1.165, 1.54) is 0 Å². The molecule has 0 radical (unpaired) electrons. The topological polar surface area (TPSA) is 0 Å². The Morgan fingerprint density at radius 1 is 0.156 bits per heavy atom. The van der Waals surface area contributed by atoms with Gasteiger partial charge in [0.15, 0.2) is 0 Å². The summed E-state index contributed by atoms with van der Waals surface area (Å²) in [4.78, 5) is 0. The molecule has 0 heterocycles. The molecule has 0 unspecified atom stereocenters. The van der Waals surface area contributed by atoms with Crippen molar-refractivity contribution in [2.45, 2.75) is 0 Å². The zero-order valence-corrected chi connectivity index (χ0v) is 22.2. The van der Waals surface area contributed by atoms with E-state index in [9.17, 15) is 52.7 Å². The molecule has 0 spiro atoms. The van der Waals surface area contributed by atoms with Gasteiger partial charge < -0.3 is 0 Å². The molecule has 4 aromatic carbocycles. The van der Waals surface area contributed by atoms with Crippen LogP contribution in [0.4, 0.5) is 87.8 Å². The van der Waals surface area contributed by atoms with Crippen molar-refractivity contribution in [3.05, 3.63) is 116 Å². The van der Waals surface area contributed by atoms with Crippen LogP contribution in [-0.2, 0) is 0 Å². The molecule has 0 saturated carbocycles. The van der Waals surface area contributed by atoms with Crippen molar-refractivity contribution in [3.63, 3.8) is 0 Å². The van der Waals surface area contributed by atoms with Gasteiger partial charge in [0.25, 0.3) is 0 Å². The third-order valence-electron chi connectivity index (χ3n) is 6.34. The summed E-state index contributed by atoms with van der Waals surface area (Å²) in [5, 5.41) is 0. The summed E-state index contributed by atoms with van der Waals surface area (Å²) in [5.74, 6) is -70.6. The van der Waals surface area contributed by atoms with Gasteiger partial charge in [-0.05, 0) is 0 Å². The first-order chi connectivity index (χ1) is 20.7. The van der Waals surface area contributed by atoms with E-state index in [0.717, 1.165) is 0 Å². The maximum atomic E-state index is 15.4. The van der Waals surface area contributed by atoms with Crippen molar-refractivity contribution < 1.29 is 87.8 Å². The molecule has 0 nitrogen and oxygen atoms in total. The number of hydrogen-bond donors (Lipinski definition) is 0. The quantitative estimate of drug-likeness (QED) is 0.111. The van der Waals surface area contributed by atoms with E-state index in [2.05, 4.69) is 0 Å². The van der Waals surface area contributed by atoms with E-state index >= 15 is 35.1 Å². The molecular weight excluding hydrogens is 743 g/mol. The van der Waals surface area contributed by atoms with E-state index < -0.39 is 147 Å². The molecule has 0 fully saturated rings. The molecule has 0 aromatic heterocycles. The van der Waals surface area contributed by atoms with Gasteiger partial charge in [-0.15, -0.1) is 0 Å². The molecule has 4 aromatic rings. The van der Waals surface area contributed by atoms with Crippen LogP contribution in [0.2, 0.25) is 0 Å². The summed E-state index contributed by atoms with van der Waals surface area (Å²) < 4.78 is 281. The van der Waals surface area contributed by atoms with Crippen molar-refractivity contribution in [1.82, 2.24) is 0 Å². The fourth-order valence-electron chi connectivity index (χ4n) is 4.49. The van der Waals surface area contributed by atoms with E-state index in [1.807, 2.05) is 0 Å². The van der Waals surface area contributed by atoms with E-state index in [4.69, 9.17) is 0 Å². The Bertz CT molecular complexity index is 1570. The van der Waals surface area contributed by atoms with Gasteiger partial charge in [0, 0.05) is 0 Å². The van der Waals surface area contributed by atoms with Crippen LogP contribution >= 0.6 is 0 Å². The Morgan fingerprint density at radius 2 is 0.244 bits per heavy atom. The molecule has 4 rings (SSSR count). The first-order valence-corrected chi connectivity index (χ1v) is 15.0. The first-order valence-electron chi connectivity index (χ1n) is 10.8. The second-order valence-corrected chi connectivity index (χ2v) is 15.9. The molecular formula is C24HAsF20. The minimum atomic E-state index is -9.46. The first kappa shape index (κ1) is 33.9. The SMILES string of the molecule is Fc1c(F)c(F)c([AsH](c2c(F)c(F)c(F)c(F)c2F)(c2c(F)c(F)c(F)c(F)c2F)c2c(F)c(F)c(F)c(F)c2F)c(F)c1F. The van der Waals surface area contributed by atoms with Gasteiger partial charge in [0.1, 0.15) is 0 Å². The van der Waals surface area contributed by atoms with Crippen LogP contribution in [0, 0.1) is 116 Å². The van der Waals surface area contributed by atoms with Crippen LogP contribution in [0.5, 0.6) is 0 Å². The number of benzene rings is 4. The molecule has 21 heteroatoms. The Hall–Kier alpha value is -3.96. The summed E-state index contributed by atoms with van der Waals surface area (Å²) in [6.45, 7) is 0. The molecule has 0 aliphatic carbocycles. The number of halogens is 20. The summed E-state index contributed by atoms with van der Waals surface area (Å²) in [6.07, 6.45) is 0. The van der Waals surface area contributed by atoms with Gasteiger partial charge in [-0.2, -0.15) is 0 Å². The normalized spacial score (nSPS) is 12.4. The number of hydrogen-bond acceptors (Lipinski definition) is 0. The predicted molar refractivity (Wildman–Crippen MR) is 111 cm³/mol. The maximum absolute atomic E-state index is 15.4. The van der Waals surface area contributed by atoms with Crippen LogP contribution in [0.1, 0.15) is 0 Å². The standard InChI is InChI=1S/C24HAsF20/c26-5-1(6(27)14(35)21(42)13(5)34)25(2-7(28)15(36)22(43)16(37)8(2)29,3-9(30)17(38)23(44)18(39)10(3)31)4-11(32)19(40)24(45)20(41)12(4)33/h25H. The minimum absolute atomic E-state index is 3.32. The predicted octanol–water partition coefficient (Wildman–Crippen LogP) is 5.58. The van der Waals surface area contributed by atoms with Crippen LogP contribution < -0.4 is 17.4 Å². The van der Waals surface area contributed by atoms with E-state index in [1.54, 1.807) is 0 Å². The molecule has 0 amide bonds. The van der Waals surface area contributed by atoms with E-state index in [0.29, 0.717) is 0 Å². The molecule has 0 N–H and O–H groups in total. The molecule has 0 bridgehead atoms. The van der Waals surface area contributed by atoms with Crippen LogP contribution in [-0.4, -0.2) is 13.6 Å². The monoisotopic (exact) mass is 744 g/mol. The van der Waals surface area contributed by atoms with Crippen molar-refractivity contribution in [2.24, 2.45) is 0 Å². The summed E-state index contributed by atoms with van der Waals surface area (Å²) in [7, 11) is 0. The molecule has 0 saturated heterocycles. The van der Waals surface area contributed by atoms with Crippen molar-refractivity contribution in [1.29, 1.82) is 0 Å². The van der Waals surface area contributed by atoms with Crippen molar-refractivity contribution >= 4 is 31.0 Å². The third-order valence-corrected chi connectivity index (χ3v) is 16.3. The molecule has 45 heavy (non-hydrogen) atoms. The van der Waals surface area contributed by atoms with Gasteiger partial charge in [-0.3, -0.25) is 0 Å². The van der Waals surface area contributed by atoms with Crippen LogP contribution in [0.3, 0.4) is 0 Å². The Kier molecular flexibility index (Phi) is 8.39. The number of rotatable bonds is 4. The molecule has 242 valence electrons. The second kappa shape index (κ2) is 11.1. The van der Waals surface area contributed by atoms with Crippen LogP contribution in [0.25, 0.3) is 0 Å². The van der Waals surface area contributed by atoms with Gasteiger partial charge in [-0.1, -0.05) is 0 Å². The van der Waals surface area contributed by atoms with Gasteiger partial charge in [0.2, 0.25) is 0 Å². The Labute approximate surface area is 235 Å². The second-order valence-electron chi connectivity index (χ2n) is 8.53. The van der Waals surface area contributed by atoms with Crippen molar-refractivity contribution in [3.8, 4) is 0 Å². The van der Waals surface area contributed by atoms with Gasteiger partial charge in [-0.25, -0.2) is 0 Å².